The Morgan fingerprint density at radius 1 is 0.658 bits per heavy atom. The molecule has 26 heteroatoms. The molecule has 4 aromatic heterocycles. The van der Waals surface area contributed by atoms with E-state index in [2.05, 4.69) is 161 Å². The van der Waals surface area contributed by atoms with Gasteiger partial charge in [-0.05, 0) is 44.3 Å². The first kappa shape index (κ1) is 66.0. The first-order valence-electron chi connectivity index (χ1n) is 26.2. The van der Waals surface area contributed by atoms with Gasteiger partial charge in [-0.25, -0.2) is 49.5 Å². The number of allylic oxidation sites excluding steroid dienone is 1. The summed E-state index contributed by atoms with van der Waals surface area (Å²) < 4.78 is 58.3. The molecule has 4 fully saturated rings. The van der Waals surface area contributed by atoms with Crippen molar-refractivity contribution < 1.29 is 62.3 Å². The van der Waals surface area contributed by atoms with E-state index in [1.54, 1.807) is 21.5 Å². The molecular weight excluding hydrogens is 1120 g/mol. The molecule has 0 unspecified atom stereocenters. The van der Waals surface area contributed by atoms with Crippen molar-refractivity contribution >= 4 is 97.0 Å². The molecule has 7 atom stereocenters. The average molecular weight is 1200 g/mol. The Kier molecular flexibility index (Phi) is 22.5. The molecule has 4 aliphatic heterocycles. The van der Waals surface area contributed by atoms with Gasteiger partial charge >= 0.3 is 57.3 Å². The van der Waals surface area contributed by atoms with Crippen LogP contribution < -0.4 is 28.4 Å². The molecule has 76 heavy (non-hydrogen) atoms. The summed E-state index contributed by atoms with van der Waals surface area (Å²) in [5, 5.41) is 12.4. The number of carbonyl (C=O) groups is 1. The molecule has 420 valence electrons. The van der Waals surface area contributed by atoms with Crippen molar-refractivity contribution in [1.82, 2.24) is 39.0 Å². The number of anilines is 2. The van der Waals surface area contributed by atoms with Gasteiger partial charge in [0, 0.05) is 6.42 Å². The number of ether oxygens (including phenoxy) is 2. The number of fused-ring (bicyclic) bond motifs is 4. The third-order valence-electron chi connectivity index (χ3n) is 15.1. The zero-order valence-corrected chi connectivity index (χ0v) is 54.7. The summed E-state index contributed by atoms with van der Waals surface area (Å²) >= 11 is 0. The van der Waals surface area contributed by atoms with Gasteiger partial charge < -0.3 is 69.0 Å². The Bertz CT molecular complexity index is 2560. The number of hydrogen-bond acceptors (Lipinski definition) is 18. The number of rotatable bonds is 12. The standard InChI is InChI=1S/C25H43N5O5Si2.C22H37N5O5Si2.C3H5.BrH.Mg/c1-10-11-25(31)21-19(33-24(25)30-14-29-20-22(26)27-13-28-23(20)30)12-32-36(15(2)3,16(4)5)35-37(34-21,17(6)7)18(8)9;1-12(2)33(13(3)4)29-9-16-19(31-34(32-33,14(5)6)15(7)8)18(28)22(30-16)27-11-26-17-20(23)24-10-25-21(17)27;1-3-2;;/h10,13-19,21,24,31H,1,11-12H2,2-9H3,(H2,26,27,28);10-16,19,22H,9H2,1-8H3,(H2,23,24,25);3H,1-2H2;1H;/q;;-1;;+2/p-1/t19-,21-,24-,25+;16-,19-,22-;;;/m11.../s1. The van der Waals surface area contributed by atoms with E-state index in [0.29, 0.717) is 22.3 Å². The van der Waals surface area contributed by atoms with E-state index in [4.69, 9.17) is 46.9 Å². The molecule has 20 nitrogen and oxygen atoms in total. The predicted octanol–water partition coefficient (Wildman–Crippen LogP) is 6.03. The maximum atomic E-state index is 13.7. The molecule has 0 aliphatic carbocycles. The van der Waals surface area contributed by atoms with Crippen molar-refractivity contribution in [1.29, 1.82) is 0 Å². The molecule has 0 spiro atoms. The van der Waals surface area contributed by atoms with Crippen LogP contribution in [0.5, 0.6) is 0 Å². The van der Waals surface area contributed by atoms with Gasteiger partial charge in [0.1, 0.15) is 53.7 Å². The smallest absolute Gasteiger partial charge is 1.00 e. The van der Waals surface area contributed by atoms with Gasteiger partial charge in [-0.3, -0.25) is 13.9 Å². The van der Waals surface area contributed by atoms with Crippen molar-refractivity contribution in [3.8, 4) is 0 Å². The molecule has 0 bridgehead atoms. The van der Waals surface area contributed by atoms with Crippen LogP contribution >= 0.6 is 0 Å². The summed E-state index contributed by atoms with van der Waals surface area (Å²) in [6, 6.07) is 0. The number of carbonyl (C=O) groups excluding carboxylic acids is 1. The molecule has 4 saturated heterocycles. The van der Waals surface area contributed by atoms with Gasteiger partial charge in [0.2, 0.25) is 5.78 Å². The minimum Gasteiger partial charge on any atom is -1.00 e. The summed E-state index contributed by atoms with van der Waals surface area (Å²) in [7, 11) is -11.3. The van der Waals surface area contributed by atoms with E-state index < -0.39 is 76.7 Å². The van der Waals surface area contributed by atoms with Crippen LogP contribution in [0.2, 0.25) is 44.3 Å². The zero-order valence-electron chi connectivity index (χ0n) is 47.7. The van der Waals surface area contributed by atoms with Gasteiger partial charge in [-0.15, -0.1) is 6.58 Å². The van der Waals surface area contributed by atoms with Gasteiger partial charge in [-0.1, -0.05) is 117 Å². The third-order valence-corrected chi connectivity index (χ3v) is 35.6. The van der Waals surface area contributed by atoms with Crippen LogP contribution in [0.15, 0.2) is 50.6 Å². The number of halogens is 1. The second-order valence-electron chi connectivity index (χ2n) is 22.4. The molecule has 0 radical (unpaired) electrons. The molecule has 4 aromatic rings. The van der Waals surface area contributed by atoms with E-state index in [1.807, 2.05) is 0 Å². The summed E-state index contributed by atoms with van der Waals surface area (Å²) in [5.74, 6) is 0.336. The Morgan fingerprint density at radius 2 is 1.05 bits per heavy atom. The summed E-state index contributed by atoms with van der Waals surface area (Å²) in [6.45, 7) is 45.4. The molecule has 4 aliphatic rings. The second kappa shape index (κ2) is 25.9. The molecule has 5 N–H and O–H groups in total. The van der Waals surface area contributed by atoms with E-state index >= 15 is 0 Å². The van der Waals surface area contributed by atoms with Gasteiger partial charge in [0.15, 0.2) is 35.4 Å². The minimum atomic E-state index is -2.97. The van der Waals surface area contributed by atoms with Crippen LogP contribution in [-0.4, -0.2) is 150 Å². The topological polar surface area (TPSA) is 250 Å². The number of nitrogens with two attached hydrogens (primary N) is 2. The van der Waals surface area contributed by atoms with Crippen LogP contribution in [-0.2, 0) is 40.2 Å². The predicted molar refractivity (Wildman–Crippen MR) is 301 cm³/mol. The quantitative estimate of drug-likeness (QED) is 0.0832. The largest absolute Gasteiger partial charge is 2.00 e. The summed E-state index contributed by atoms with van der Waals surface area (Å²) in [4.78, 5) is 39.2. The molecular formula is C50H85BrMgN10O10Si4. The number of hydrogen-bond donors (Lipinski definition) is 3. The number of ketones is 1. The van der Waals surface area contributed by atoms with E-state index in [0.717, 1.165) is 0 Å². The van der Waals surface area contributed by atoms with Gasteiger partial charge in [0.25, 0.3) is 0 Å². The number of imidazole rings is 2. The number of aromatic nitrogens is 8. The fraction of sp³-hybridized carbons (Fsp3) is 0.680. The van der Waals surface area contributed by atoms with Gasteiger partial charge in [-0.2, -0.15) is 0 Å². The second-order valence-corrected chi connectivity index (χ2v) is 40.1. The van der Waals surface area contributed by atoms with E-state index in [9.17, 15) is 9.90 Å². The first-order valence-corrected chi connectivity index (χ1v) is 34.1. The van der Waals surface area contributed by atoms with Crippen LogP contribution in [0.4, 0.5) is 11.6 Å². The van der Waals surface area contributed by atoms with Crippen molar-refractivity contribution in [3.63, 3.8) is 0 Å². The molecule has 0 saturated carbocycles. The Balaban J connectivity index is 0.000000306. The SMILES string of the molecule is C=CC[C@]1(O)[C@@H]2O[Si](C(C)C)(C(C)C)O[Si](C(C)C)(C(C)C)OC[C@H]2O[C@H]1n1cnc2c(N)ncnc21.C=C[CH2-].CC(C)[Si]1(C(C)C)OC[C@H]2O[C@@H](n3cnc4c(N)ncnc43)C(=O)[C@@H]2O[Si](C(C)C)(C(C)C)O1.[Br-].[Mg+2]. The number of aliphatic hydroxyl groups is 1. The molecule has 8 rings (SSSR count). The van der Waals surface area contributed by atoms with Crippen LogP contribution in [0, 0.1) is 6.92 Å². The fourth-order valence-corrected chi connectivity index (χ4v) is 33.7. The maximum Gasteiger partial charge on any atom is 2.00 e. The maximum absolute atomic E-state index is 13.7. The summed E-state index contributed by atoms with van der Waals surface area (Å²) in [6.07, 6.45) is 4.93. The Morgan fingerprint density at radius 3 is 1.47 bits per heavy atom. The number of Topliss-reactive ketones (excluding diaryl/α,β-unsaturated/α-hetero) is 1. The fourth-order valence-electron chi connectivity index (χ4n) is 11.3. The van der Waals surface area contributed by atoms with Crippen molar-refractivity contribution in [2.75, 3.05) is 24.7 Å². The van der Waals surface area contributed by atoms with Crippen molar-refractivity contribution in [2.24, 2.45) is 0 Å². The third kappa shape index (κ3) is 11.8. The monoisotopic (exact) mass is 1200 g/mol. The average Bonchev–Trinajstić information content (AvgIpc) is 4.07. The van der Waals surface area contributed by atoms with Crippen LogP contribution in [0.25, 0.3) is 22.3 Å². The van der Waals surface area contributed by atoms with E-state index in [-0.39, 0.29) is 121 Å². The van der Waals surface area contributed by atoms with E-state index in [1.165, 1.54) is 25.1 Å². The zero-order chi connectivity index (χ0) is 55.0. The normalized spacial score (nSPS) is 26.7. The first-order chi connectivity index (χ1) is 34.7. The van der Waals surface area contributed by atoms with Gasteiger partial charge in [0.05, 0.1) is 25.9 Å². The molecule has 8 heterocycles. The Hall–Kier alpha value is -2.53. The Labute approximate surface area is 481 Å². The van der Waals surface area contributed by atoms with Crippen molar-refractivity contribution in [3.05, 3.63) is 57.5 Å². The summed E-state index contributed by atoms with van der Waals surface area (Å²) in [5.41, 5.74) is 13.6. The van der Waals surface area contributed by atoms with Crippen LogP contribution in [0.3, 0.4) is 0 Å². The number of nitrogen functional groups attached to an aromatic ring is 2. The number of nitrogens with zero attached hydrogens (tertiary/aromatic N) is 8. The van der Waals surface area contributed by atoms with Crippen molar-refractivity contribution in [2.45, 2.75) is 204 Å². The minimum absolute atomic E-state index is 0. The molecule has 0 aromatic carbocycles. The molecule has 0 amide bonds. The van der Waals surface area contributed by atoms with Crippen LogP contribution in [0.1, 0.15) is 130 Å².